The van der Waals surface area contributed by atoms with Gasteiger partial charge in [-0.3, -0.25) is 4.99 Å². The first-order valence-corrected chi connectivity index (χ1v) is 6.80. The molecule has 0 amide bonds. The molecule has 1 aromatic carbocycles. The smallest absolute Gasteiger partial charge is 0.193 e. The largest absolute Gasteiger partial charge is 0.497 e. The Morgan fingerprint density at radius 1 is 1.37 bits per heavy atom. The normalized spacial score (nSPS) is 15.8. The van der Waals surface area contributed by atoms with Crippen LogP contribution in [0.5, 0.6) is 5.75 Å². The summed E-state index contributed by atoms with van der Waals surface area (Å²) in [4.78, 5) is 6.50. The fraction of sp³-hybridized carbons (Fsp3) is 0.533. The van der Waals surface area contributed by atoms with Gasteiger partial charge in [0.15, 0.2) is 5.96 Å². The maximum Gasteiger partial charge on any atom is 0.193 e. The summed E-state index contributed by atoms with van der Waals surface area (Å²) in [7, 11) is 5.59. The number of guanidine groups is 1. The zero-order valence-electron chi connectivity index (χ0n) is 12.0. The molecule has 0 aliphatic heterocycles. The number of benzene rings is 1. The fourth-order valence-corrected chi connectivity index (χ4v) is 2.16. The van der Waals surface area contributed by atoms with E-state index in [0.29, 0.717) is 6.04 Å². The predicted molar refractivity (Wildman–Crippen MR) is 78.6 cm³/mol. The number of hydrogen-bond acceptors (Lipinski definition) is 2. The minimum absolute atomic E-state index is 0.608. The number of rotatable bonds is 4. The van der Waals surface area contributed by atoms with Gasteiger partial charge in [-0.05, 0) is 37.0 Å². The van der Waals surface area contributed by atoms with Crippen LogP contribution in [0.1, 0.15) is 24.8 Å². The van der Waals surface area contributed by atoms with E-state index in [2.05, 4.69) is 34.4 Å². The molecule has 0 saturated heterocycles. The molecule has 1 N–H and O–H groups in total. The minimum Gasteiger partial charge on any atom is -0.497 e. The summed E-state index contributed by atoms with van der Waals surface area (Å²) in [6, 6.07) is 8.77. The summed E-state index contributed by atoms with van der Waals surface area (Å²) < 4.78 is 5.17. The number of nitrogens with zero attached hydrogens (tertiary/aromatic N) is 2. The van der Waals surface area contributed by atoms with Crippen molar-refractivity contribution in [3.8, 4) is 5.75 Å². The Balaban J connectivity index is 1.91. The van der Waals surface area contributed by atoms with Crippen LogP contribution in [0.3, 0.4) is 0 Å². The van der Waals surface area contributed by atoms with E-state index in [0.717, 1.165) is 18.3 Å². The molecule has 0 bridgehead atoms. The number of hydrogen-bond donors (Lipinski definition) is 1. The zero-order chi connectivity index (χ0) is 13.7. The van der Waals surface area contributed by atoms with E-state index >= 15 is 0 Å². The highest BCUT2D eigenvalue weighted by molar-refractivity contribution is 5.80. The third-order valence-corrected chi connectivity index (χ3v) is 3.59. The molecule has 1 saturated carbocycles. The van der Waals surface area contributed by atoms with Crippen LogP contribution < -0.4 is 10.1 Å². The van der Waals surface area contributed by atoms with E-state index in [1.165, 1.54) is 24.8 Å². The number of ether oxygens (including phenoxy) is 1. The van der Waals surface area contributed by atoms with Crippen LogP contribution in [0.2, 0.25) is 0 Å². The van der Waals surface area contributed by atoms with Crippen molar-refractivity contribution in [2.24, 2.45) is 4.99 Å². The summed E-state index contributed by atoms with van der Waals surface area (Å²) in [6.45, 7) is 0.844. The maximum absolute atomic E-state index is 5.17. The van der Waals surface area contributed by atoms with Crippen molar-refractivity contribution in [3.63, 3.8) is 0 Å². The molecule has 19 heavy (non-hydrogen) atoms. The van der Waals surface area contributed by atoms with Crippen molar-refractivity contribution in [3.05, 3.63) is 29.8 Å². The molecule has 4 nitrogen and oxygen atoms in total. The SMILES string of the molecule is CN=C(NC1CCC1)N(C)Cc1ccc(OC)cc1. The molecule has 1 aliphatic rings. The molecule has 1 aliphatic carbocycles. The Bertz CT molecular complexity index is 424. The molecule has 4 heteroatoms. The van der Waals surface area contributed by atoms with Crippen LogP contribution in [0.15, 0.2) is 29.3 Å². The van der Waals surface area contributed by atoms with Gasteiger partial charge in [0.2, 0.25) is 0 Å². The zero-order valence-corrected chi connectivity index (χ0v) is 12.0. The van der Waals surface area contributed by atoms with E-state index in [4.69, 9.17) is 4.74 Å². The summed E-state index contributed by atoms with van der Waals surface area (Å²) >= 11 is 0. The van der Waals surface area contributed by atoms with Gasteiger partial charge < -0.3 is 15.0 Å². The van der Waals surface area contributed by atoms with Crippen molar-refractivity contribution in [1.29, 1.82) is 0 Å². The third-order valence-electron chi connectivity index (χ3n) is 3.59. The Hall–Kier alpha value is -1.71. The first kappa shape index (κ1) is 13.7. The summed E-state index contributed by atoms with van der Waals surface area (Å²) in [5.41, 5.74) is 1.25. The molecule has 0 aromatic heterocycles. The predicted octanol–water partition coefficient (Wildman–Crippen LogP) is 2.25. The van der Waals surface area contributed by atoms with Crippen LogP contribution in [0.4, 0.5) is 0 Å². The van der Waals surface area contributed by atoms with Gasteiger partial charge in [-0.25, -0.2) is 0 Å². The molecule has 0 radical (unpaired) electrons. The summed E-state index contributed by atoms with van der Waals surface area (Å²) in [5, 5.41) is 3.50. The molecule has 0 atom stereocenters. The van der Waals surface area contributed by atoms with Crippen LogP contribution >= 0.6 is 0 Å². The van der Waals surface area contributed by atoms with Crippen molar-refractivity contribution in [2.75, 3.05) is 21.2 Å². The monoisotopic (exact) mass is 261 g/mol. The topological polar surface area (TPSA) is 36.9 Å². The summed E-state index contributed by atoms with van der Waals surface area (Å²) in [6.07, 6.45) is 3.85. The Kier molecular flexibility index (Phi) is 4.66. The number of methoxy groups -OCH3 is 1. The molecule has 1 aromatic rings. The van der Waals surface area contributed by atoms with E-state index < -0.39 is 0 Å². The molecular weight excluding hydrogens is 238 g/mol. The molecule has 0 unspecified atom stereocenters. The second-order valence-electron chi connectivity index (χ2n) is 5.02. The van der Waals surface area contributed by atoms with Gasteiger partial charge in [0, 0.05) is 26.7 Å². The third kappa shape index (κ3) is 3.63. The number of nitrogens with one attached hydrogen (secondary N) is 1. The summed E-state index contributed by atoms with van der Waals surface area (Å²) in [5.74, 6) is 1.86. The van der Waals surface area contributed by atoms with Crippen molar-refractivity contribution in [1.82, 2.24) is 10.2 Å². The van der Waals surface area contributed by atoms with Crippen LogP contribution in [0, 0.1) is 0 Å². The molecular formula is C15H23N3O. The lowest BCUT2D eigenvalue weighted by Gasteiger charge is -2.31. The molecule has 0 spiro atoms. The van der Waals surface area contributed by atoms with Gasteiger partial charge in [-0.15, -0.1) is 0 Å². The average Bonchev–Trinajstić information content (AvgIpc) is 2.38. The van der Waals surface area contributed by atoms with Gasteiger partial charge in [-0.2, -0.15) is 0 Å². The maximum atomic E-state index is 5.17. The van der Waals surface area contributed by atoms with E-state index in [9.17, 15) is 0 Å². The Morgan fingerprint density at radius 2 is 2.05 bits per heavy atom. The number of aliphatic imine (C=N–C) groups is 1. The molecule has 1 fully saturated rings. The molecule has 2 rings (SSSR count). The lowest BCUT2D eigenvalue weighted by Crippen LogP contribution is -2.46. The van der Waals surface area contributed by atoms with Crippen molar-refractivity contribution in [2.45, 2.75) is 31.8 Å². The van der Waals surface area contributed by atoms with Crippen LogP contribution in [-0.2, 0) is 6.54 Å². The quantitative estimate of drug-likeness (QED) is 0.667. The van der Waals surface area contributed by atoms with Gasteiger partial charge >= 0.3 is 0 Å². The highest BCUT2D eigenvalue weighted by Crippen LogP contribution is 2.18. The first-order valence-electron chi connectivity index (χ1n) is 6.80. The van der Waals surface area contributed by atoms with E-state index in [-0.39, 0.29) is 0 Å². The standard InChI is InChI=1S/C15H23N3O/c1-16-15(17-13-5-4-6-13)18(2)11-12-7-9-14(19-3)10-8-12/h7-10,13H,4-6,11H2,1-3H3,(H,16,17). The lowest BCUT2D eigenvalue weighted by molar-refractivity contribution is 0.359. The van der Waals surface area contributed by atoms with Crippen LogP contribution in [-0.4, -0.2) is 38.1 Å². The highest BCUT2D eigenvalue weighted by atomic mass is 16.5. The molecule has 104 valence electrons. The minimum atomic E-state index is 0.608. The van der Waals surface area contributed by atoms with Gasteiger partial charge in [0.05, 0.1) is 7.11 Å². The van der Waals surface area contributed by atoms with Gasteiger partial charge in [0.25, 0.3) is 0 Å². The lowest BCUT2D eigenvalue weighted by atomic mass is 9.93. The average molecular weight is 261 g/mol. The first-order chi connectivity index (χ1) is 9.22. The van der Waals surface area contributed by atoms with Gasteiger partial charge in [0.1, 0.15) is 5.75 Å². The fourth-order valence-electron chi connectivity index (χ4n) is 2.16. The highest BCUT2D eigenvalue weighted by Gasteiger charge is 2.19. The van der Waals surface area contributed by atoms with Crippen molar-refractivity contribution >= 4 is 5.96 Å². The van der Waals surface area contributed by atoms with Crippen molar-refractivity contribution < 1.29 is 4.74 Å². The van der Waals surface area contributed by atoms with E-state index in [1.54, 1.807) is 7.11 Å². The Morgan fingerprint density at radius 3 is 2.53 bits per heavy atom. The second-order valence-corrected chi connectivity index (χ2v) is 5.02. The second kappa shape index (κ2) is 6.45. The van der Waals surface area contributed by atoms with Crippen LogP contribution in [0.25, 0.3) is 0 Å². The Labute approximate surface area is 115 Å². The van der Waals surface area contributed by atoms with Gasteiger partial charge in [-0.1, -0.05) is 12.1 Å². The molecule has 0 heterocycles. The van der Waals surface area contributed by atoms with E-state index in [1.807, 2.05) is 19.2 Å².